The molecular formula is C11H21N3S. The molecule has 2 N–H and O–H groups in total. The van der Waals surface area contributed by atoms with Crippen LogP contribution in [0.2, 0.25) is 0 Å². The van der Waals surface area contributed by atoms with Gasteiger partial charge < -0.3 is 5.73 Å². The highest BCUT2D eigenvalue weighted by atomic mass is 32.2. The van der Waals surface area contributed by atoms with Gasteiger partial charge in [0.05, 0.1) is 11.4 Å². The van der Waals surface area contributed by atoms with Crippen LogP contribution in [0.3, 0.4) is 0 Å². The van der Waals surface area contributed by atoms with E-state index in [1.54, 1.807) is 0 Å². The third-order valence-corrected chi connectivity index (χ3v) is 4.07. The minimum Gasteiger partial charge on any atom is -0.395 e. The van der Waals surface area contributed by atoms with Crippen LogP contribution in [0.15, 0.2) is 5.03 Å². The molecule has 1 aromatic heterocycles. The van der Waals surface area contributed by atoms with Crippen molar-refractivity contribution < 1.29 is 0 Å². The van der Waals surface area contributed by atoms with E-state index in [1.165, 1.54) is 6.42 Å². The second kappa shape index (κ2) is 5.45. The van der Waals surface area contributed by atoms with Crippen LogP contribution >= 0.6 is 11.8 Å². The number of aryl methyl sites for hydroxylation is 2. The first-order valence-corrected chi connectivity index (χ1v) is 6.54. The van der Waals surface area contributed by atoms with Crippen molar-refractivity contribution in [3.8, 4) is 0 Å². The van der Waals surface area contributed by atoms with Crippen LogP contribution in [0.5, 0.6) is 0 Å². The van der Waals surface area contributed by atoms with Crippen molar-refractivity contribution >= 4 is 17.4 Å². The number of nitrogen functional groups attached to an aromatic ring is 1. The van der Waals surface area contributed by atoms with E-state index in [9.17, 15) is 0 Å². The first-order valence-electron chi connectivity index (χ1n) is 5.55. The van der Waals surface area contributed by atoms with E-state index in [-0.39, 0.29) is 0 Å². The maximum absolute atomic E-state index is 6.00. The van der Waals surface area contributed by atoms with Crippen LogP contribution in [-0.4, -0.2) is 15.5 Å². The average molecular weight is 227 g/mol. The van der Waals surface area contributed by atoms with Crippen LogP contribution in [0.25, 0.3) is 0 Å². The molecule has 0 spiro atoms. The van der Waals surface area contributed by atoms with Crippen molar-refractivity contribution in [1.82, 2.24) is 9.78 Å². The number of nitrogens with zero attached hydrogens (tertiary/aromatic N) is 2. The molecule has 0 aliphatic heterocycles. The third kappa shape index (κ3) is 2.91. The second-order valence-electron chi connectivity index (χ2n) is 3.94. The molecule has 86 valence electrons. The molecule has 1 heterocycles. The van der Waals surface area contributed by atoms with E-state index in [4.69, 9.17) is 5.73 Å². The Morgan fingerprint density at radius 1 is 1.47 bits per heavy atom. The van der Waals surface area contributed by atoms with E-state index in [1.807, 2.05) is 23.4 Å². The molecule has 0 aliphatic rings. The monoisotopic (exact) mass is 227 g/mol. The van der Waals surface area contributed by atoms with Gasteiger partial charge in [-0.25, -0.2) is 0 Å². The van der Waals surface area contributed by atoms with Gasteiger partial charge in [0.15, 0.2) is 0 Å². The summed E-state index contributed by atoms with van der Waals surface area (Å²) >= 11 is 1.83. The number of nitrogens with two attached hydrogens (primary N) is 1. The first-order chi connectivity index (χ1) is 7.10. The molecule has 0 amide bonds. The summed E-state index contributed by atoms with van der Waals surface area (Å²) in [7, 11) is 0. The van der Waals surface area contributed by atoms with Crippen molar-refractivity contribution in [3.05, 3.63) is 5.69 Å². The molecule has 0 saturated heterocycles. The Balaban J connectivity index is 2.74. The molecule has 0 fully saturated rings. The van der Waals surface area contributed by atoms with Gasteiger partial charge in [-0.1, -0.05) is 20.3 Å². The zero-order valence-corrected chi connectivity index (χ0v) is 10.9. The van der Waals surface area contributed by atoms with Gasteiger partial charge in [0, 0.05) is 12.3 Å². The fraction of sp³-hybridized carbons (Fsp3) is 0.727. The predicted octanol–water partition coefficient (Wildman–Crippen LogP) is 2.93. The van der Waals surface area contributed by atoms with Crippen LogP contribution in [0.4, 0.5) is 5.69 Å². The Kier molecular flexibility index (Phi) is 4.51. The SMILES string of the molecule is CCC(C)CSc1c(N)c(C)nn1CC. The summed E-state index contributed by atoms with van der Waals surface area (Å²) in [6.07, 6.45) is 1.21. The predicted molar refractivity (Wildman–Crippen MR) is 67.2 cm³/mol. The van der Waals surface area contributed by atoms with E-state index >= 15 is 0 Å². The van der Waals surface area contributed by atoms with Crippen LogP contribution in [0.1, 0.15) is 32.9 Å². The Hall–Kier alpha value is -0.640. The summed E-state index contributed by atoms with van der Waals surface area (Å²) in [4.78, 5) is 0. The summed E-state index contributed by atoms with van der Waals surface area (Å²) in [5.74, 6) is 1.85. The zero-order chi connectivity index (χ0) is 11.4. The van der Waals surface area contributed by atoms with Crippen molar-refractivity contribution in [2.45, 2.75) is 45.7 Å². The Morgan fingerprint density at radius 3 is 2.67 bits per heavy atom. The highest BCUT2D eigenvalue weighted by molar-refractivity contribution is 7.99. The molecule has 15 heavy (non-hydrogen) atoms. The van der Waals surface area contributed by atoms with Gasteiger partial charge in [-0.2, -0.15) is 5.10 Å². The van der Waals surface area contributed by atoms with Gasteiger partial charge >= 0.3 is 0 Å². The lowest BCUT2D eigenvalue weighted by Crippen LogP contribution is -2.02. The summed E-state index contributed by atoms with van der Waals surface area (Å²) in [5, 5.41) is 5.54. The number of aromatic nitrogens is 2. The van der Waals surface area contributed by atoms with Crippen LogP contribution in [-0.2, 0) is 6.54 Å². The topological polar surface area (TPSA) is 43.8 Å². The van der Waals surface area contributed by atoms with E-state index in [0.717, 1.165) is 34.6 Å². The molecule has 1 rings (SSSR count). The molecule has 0 saturated carbocycles. The first kappa shape index (κ1) is 12.4. The minimum atomic E-state index is 0.731. The fourth-order valence-electron chi connectivity index (χ4n) is 1.28. The maximum atomic E-state index is 6.00. The van der Waals surface area contributed by atoms with Gasteiger partial charge in [0.1, 0.15) is 5.03 Å². The molecule has 3 nitrogen and oxygen atoms in total. The summed E-state index contributed by atoms with van der Waals surface area (Å²) in [6.45, 7) is 9.44. The van der Waals surface area contributed by atoms with E-state index < -0.39 is 0 Å². The molecular weight excluding hydrogens is 206 g/mol. The molecule has 0 aliphatic carbocycles. The molecule has 1 unspecified atom stereocenters. The number of anilines is 1. The van der Waals surface area contributed by atoms with Crippen molar-refractivity contribution in [3.63, 3.8) is 0 Å². The summed E-state index contributed by atoms with van der Waals surface area (Å²) in [5.41, 5.74) is 7.80. The number of hydrogen-bond donors (Lipinski definition) is 1. The van der Waals surface area contributed by atoms with Crippen molar-refractivity contribution in [1.29, 1.82) is 0 Å². The normalized spacial score (nSPS) is 13.1. The molecule has 0 radical (unpaired) electrons. The fourth-order valence-corrected chi connectivity index (χ4v) is 2.58. The molecule has 1 atom stereocenters. The number of hydrogen-bond acceptors (Lipinski definition) is 3. The van der Waals surface area contributed by atoms with E-state index in [2.05, 4.69) is 25.9 Å². The Labute approximate surface area is 96.4 Å². The van der Waals surface area contributed by atoms with E-state index in [0.29, 0.717) is 0 Å². The third-order valence-electron chi connectivity index (χ3n) is 2.63. The Morgan fingerprint density at radius 2 is 2.13 bits per heavy atom. The summed E-state index contributed by atoms with van der Waals surface area (Å²) in [6, 6.07) is 0. The molecule has 0 aromatic carbocycles. The van der Waals surface area contributed by atoms with Gasteiger partial charge in [0.25, 0.3) is 0 Å². The van der Waals surface area contributed by atoms with Crippen molar-refractivity contribution in [2.75, 3.05) is 11.5 Å². The summed E-state index contributed by atoms with van der Waals surface area (Å²) < 4.78 is 2.00. The lowest BCUT2D eigenvalue weighted by molar-refractivity contribution is 0.597. The largest absolute Gasteiger partial charge is 0.395 e. The van der Waals surface area contributed by atoms with Crippen molar-refractivity contribution in [2.24, 2.45) is 5.92 Å². The van der Waals surface area contributed by atoms with Gasteiger partial charge in [-0.05, 0) is 19.8 Å². The van der Waals surface area contributed by atoms with Crippen LogP contribution < -0.4 is 5.73 Å². The highest BCUT2D eigenvalue weighted by Crippen LogP contribution is 2.29. The van der Waals surface area contributed by atoms with Crippen LogP contribution in [0, 0.1) is 12.8 Å². The molecule has 0 bridgehead atoms. The highest BCUT2D eigenvalue weighted by Gasteiger charge is 2.12. The second-order valence-corrected chi connectivity index (χ2v) is 4.95. The average Bonchev–Trinajstić information content (AvgIpc) is 2.52. The lowest BCUT2D eigenvalue weighted by atomic mass is 10.2. The Bertz CT molecular complexity index is 320. The quantitative estimate of drug-likeness (QED) is 0.787. The van der Waals surface area contributed by atoms with Gasteiger partial charge in [-0.3, -0.25) is 4.68 Å². The molecule has 4 heteroatoms. The van der Waals surface area contributed by atoms with Gasteiger partial charge in [-0.15, -0.1) is 11.8 Å². The number of rotatable bonds is 5. The minimum absolute atomic E-state index is 0.731. The molecule has 1 aromatic rings. The lowest BCUT2D eigenvalue weighted by Gasteiger charge is -2.09. The smallest absolute Gasteiger partial charge is 0.117 e. The zero-order valence-electron chi connectivity index (χ0n) is 10.1. The maximum Gasteiger partial charge on any atom is 0.117 e. The number of thioether (sulfide) groups is 1. The standard InChI is InChI=1S/C11H21N3S/c1-5-8(3)7-15-11-10(12)9(4)13-14(11)6-2/h8H,5-7,12H2,1-4H3. The van der Waals surface area contributed by atoms with Gasteiger partial charge in [0.2, 0.25) is 0 Å².